The third kappa shape index (κ3) is 3.27. The van der Waals surface area contributed by atoms with Crippen LogP contribution in [0, 0.1) is 0 Å². The van der Waals surface area contributed by atoms with Gasteiger partial charge < -0.3 is 10.1 Å². The summed E-state index contributed by atoms with van der Waals surface area (Å²) in [6.45, 7) is 0. The lowest BCUT2D eigenvalue weighted by Crippen LogP contribution is -2.34. The zero-order valence-electron chi connectivity index (χ0n) is 11.8. The zero-order valence-corrected chi connectivity index (χ0v) is 14.9. The van der Waals surface area contributed by atoms with Gasteiger partial charge in [0.05, 0.1) is 7.11 Å². The molecule has 0 amide bonds. The third-order valence-corrected chi connectivity index (χ3v) is 5.16. The highest BCUT2D eigenvalue weighted by molar-refractivity contribution is 9.11. The van der Waals surface area contributed by atoms with Crippen LogP contribution in [-0.2, 0) is 0 Å². The summed E-state index contributed by atoms with van der Waals surface area (Å²) in [6, 6.07) is 15.1. The molecule has 3 rings (SSSR count). The molecule has 1 fully saturated rings. The molecule has 1 N–H and O–H groups in total. The number of rotatable bonds is 4. The van der Waals surface area contributed by atoms with E-state index in [4.69, 9.17) is 4.74 Å². The monoisotopic (exact) mass is 409 g/mol. The average Bonchev–Trinajstić information content (AvgIpc) is 2.44. The van der Waals surface area contributed by atoms with E-state index in [9.17, 15) is 0 Å². The van der Waals surface area contributed by atoms with Gasteiger partial charge in [-0.3, -0.25) is 0 Å². The van der Waals surface area contributed by atoms with Crippen LogP contribution in [0.1, 0.15) is 24.3 Å². The Bertz CT molecular complexity index is 638. The highest BCUT2D eigenvalue weighted by Gasteiger charge is 2.32. The maximum atomic E-state index is 5.45. The molecule has 0 heterocycles. The molecule has 0 radical (unpaired) electrons. The number of para-hydroxylation sites is 1. The summed E-state index contributed by atoms with van der Waals surface area (Å²) >= 11 is 7.08. The van der Waals surface area contributed by atoms with Crippen LogP contribution in [0.5, 0.6) is 5.75 Å². The van der Waals surface area contributed by atoms with E-state index < -0.39 is 0 Å². The maximum absolute atomic E-state index is 5.45. The molecule has 1 aliphatic rings. The normalized spacial score (nSPS) is 20.7. The Morgan fingerprint density at radius 3 is 2.57 bits per heavy atom. The van der Waals surface area contributed by atoms with Gasteiger partial charge in [0.15, 0.2) is 0 Å². The molecular formula is C17H17Br2NO. The fourth-order valence-electron chi connectivity index (χ4n) is 2.82. The Labute approximate surface area is 142 Å². The van der Waals surface area contributed by atoms with E-state index in [-0.39, 0.29) is 0 Å². The van der Waals surface area contributed by atoms with Crippen molar-refractivity contribution in [2.24, 2.45) is 0 Å². The van der Waals surface area contributed by atoms with Gasteiger partial charge >= 0.3 is 0 Å². The van der Waals surface area contributed by atoms with Gasteiger partial charge in [0.25, 0.3) is 0 Å². The summed E-state index contributed by atoms with van der Waals surface area (Å²) < 4.78 is 7.63. The smallest absolute Gasteiger partial charge is 0.122 e. The van der Waals surface area contributed by atoms with E-state index in [2.05, 4.69) is 67.5 Å². The van der Waals surface area contributed by atoms with E-state index in [1.54, 1.807) is 7.11 Å². The van der Waals surface area contributed by atoms with Crippen molar-refractivity contribution in [3.05, 3.63) is 57.0 Å². The van der Waals surface area contributed by atoms with Crippen LogP contribution >= 0.6 is 31.9 Å². The Balaban J connectivity index is 1.63. The van der Waals surface area contributed by atoms with Crippen LogP contribution in [0.2, 0.25) is 0 Å². The van der Waals surface area contributed by atoms with E-state index in [0.29, 0.717) is 12.0 Å². The lowest BCUT2D eigenvalue weighted by Gasteiger charge is -2.37. The highest BCUT2D eigenvalue weighted by atomic mass is 79.9. The minimum absolute atomic E-state index is 0.525. The molecular weight excluding hydrogens is 394 g/mol. The first-order chi connectivity index (χ1) is 10.2. The average molecular weight is 411 g/mol. The van der Waals surface area contributed by atoms with Gasteiger partial charge in [-0.15, -0.1) is 0 Å². The summed E-state index contributed by atoms with van der Waals surface area (Å²) in [5.41, 5.74) is 2.48. The molecule has 0 aliphatic heterocycles. The summed E-state index contributed by atoms with van der Waals surface area (Å²) in [4.78, 5) is 0. The topological polar surface area (TPSA) is 21.3 Å². The molecule has 4 heteroatoms. The van der Waals surface area contributed by atoms with Crippen LogP contribution in [0.25, 0.3) is 0 Å². The Hall–Kier alpha value is -1.000. The lowest BCUT2D eigenvalue weighted by molar-refractivity contribution is 0.349. The Morgan fingerprint density at radius 1 is 1.10 bits per heavy atom. The number of methoxy groups -OCH3 is 1. The molecule has 21 heavy (non-hydrogen) atoms. The number of anilines is 1. The fourth-order valence-corrected chi connectivity index (χ4v) is 3.98. The number of hydrogen-bond acceptors (Lipinski definition) is 2. The quantitative estimate of drug-likeness (QED) is 0.710. The van der Waals surface area contributed by atoms with Gasteiger partial charge in [0.1, 0.15) is 5.75 Å². The van der Waals surface area contributed by atoms with Crippen molar-refractivity contribution in [3.8, 4) is 5.75 Å². The summed E-state index contributed by atoms with van der Waals surface area (Å²) in [6.07, 6.45) is 2.28. The molecule has 110 valence electrons. The van der Waals surface area contributed by atoms with Crippen LogP contribution in [0.4, 0.5) is 5.69 Å². The van der Waals surface area contributed by atoms with Crippen LogP contribution in [-0.4, -0.2) is 13.2 Å². The van der Waals surface area contributed by atoms with Gasteiger partial charge in [0.2, 0.25) is 0 Å². The van der Waals surface area contributed by atoms with E-state index in [1.807, 2.05) is 12.1 Å². The predicted octanol–water partition coefficient (Wildman–Crippen LogP) is 5.58. The van der Waals surface area contributed by atoms with Crippen LogP contribution < -0.4 is 10.1 Å². The van der Waals surface area contributed by atoms with Gasteiger partial charge in [-0.25, -0.2) is 0 Å². The molecule has 0 saturated heterocycles. The van der Waals surface area contributed by atoms with Crippen molar-refractivity contribution in [2.75, 3.05) is 12.4 Å². The summed E-state index contributed by atoms with van der Waals surface area (Å²) in [7, 11) is 1.74. The lowest BCUT2D eigenvalue weighted by atomic mass is 9.75. The minimum Gasteiger partial charge on any atom is -0.496 e. The predicted molar refractivity (Wildman–Crippen MR) is 94.2 cm³/mol. The van der Waals surface area contributed by atoms with Crippen molar-refractivity contribution < 1.29 is 4.74 Å². The zero-order chi connectivity index (χ0) is 14.8. The molecule has 0 bridgehead atoms. The molecule has 0 spiro atoms. The van der Waals surface area contributed by atoms with Gasteiger partial charge in [-0.2, -0.15) is 0 Å². The molecule has 2 nitrogen and oxygen atoms in total. The number of ether oxygens (including phenoxy) is 1. The highest BCUT2D eigenvalue weighted by Crippen LogP contribution is 2.42. The standard InChI is InChI=1S/C17H17Br2NO/c1-21-17-5-3-2-4-14(17)11-8-13(9-11)20-16-7-6-12(18)10-15(16)19/h2-7,10-11,13,20H,8-9H2,1H3. The van der Waals surface area contributed by atoms with Gasteiger partial charge in [-0.05, 0) is 64.5 Å². The SMILES string of the molecule is COc1ccccc1C1CC(Nc2ccc(Br)cc2Br)C1. The first-order valence-corrected chi connectivity index (χ1v) is 8.60. The van der Waals surface area contributed by atoms with E-state index in [1.165, 1.54) is 5.56 Å². The van der Waals surface area contributed by atoms with Crippen LogP contribution in [0.15, 0.2) is 51.4 Å². The largest absolute Gasteiger partial charge is 0.496 e. The number of hydrogen-bond donors (Lipinski definition) is 1. The Kier molecular flexibility index (Phi) is 4.55. The third-order valence-electron chi connectivity index (χ3n) is 4.01. The number of nitrogens with one attached hydrogen (secondary N) is 1. The molecule has 1 aliphatic carbocycles. The number of benzene rings is 2. The first-order valence-electron chi connectivity index (χ1n) is 7.02. The van der Waals surface area contributed by atoms with Crippen molar-refractivity contribution >= 4 is 37.5 Å². The maximum Gasteiger partial charge on any atom is 0.122 e. The molecule has 0 atom stereocenters. The minimum atomic E-state index is 0.525. The Morgan fingerprint density at radius 2 is 1.86 bits per heavy atom. The molecule has 0 unspecified atom stereocenters. The summed E-state index contributed by atoms with van der Waals surface area (Å²) in [5.74, 6) is 1.60. The molecule has 2 aromatic rings. The second kappa shape index (κ2) is 6.41. The van der Waals surface area contributed by atoms with Gasteiger partial charge in [0, 0.05) is 20.7 Å². The van der Waals surface area contributed by atoms with Crippen molar-refractivity contribution in [2.45, 2.75) is 24.8 Å². The van der Waals surface area contributed by atoms with Crippen molar-refractivity contribution in [1.29, 1.82) is 0 Å². The second-order valence-electron chi connectivity index (χ2n) is 5.38. The van der Waals surface area contributed by atoms with Gasteiger partial charge in [-0.1, -0.05) is 34.1 Å². The second-order valence-corrected chi connectivity index (χ2v) is 7.15. The van der Waals surface area contributed by atoms with Crippen LogP contribution in [0.3, 0.4) is 0 Å². The first kappa shape index (κ1) is 14.9. The molecule has 2 aromatic carbocycles. The molecule has 1 saturated carbocycles. The van der Waals surface area contributed by atoms with E-state index >= 15 is 0 Å². The summed E-state index contributed by atoms with van der Waals surface area (Å²) in [5, 5.41) is 3.60. The van der Waals surface area contributed by atoms with E-state index in [0.717, 1.165) is 33.2 Å². The van der Waals surface area contributed by atoms with Crippen molar-refractivity contribution in [3.63, 3.8) is 0 Å². The van der Waals surface area contributed by atoms with Crippen molar-refractivity contribution in [1.82, 2.24) is 0 Å². The molecule has 0 aromatic heterocycles. The fraction of sp³-hybridized carbons (Fsp3) is 0.294. The number of halogens is 2.